The summed E-state index contributed by atoms with van der Waals surface area (Å²) >= 11 is 0. The maximum Gasteiger partial charge on any atom is 0.317 e. The van der Waals surface area contributed by atoms with Gasteiger partial charge in [-0.1, -0.05) is 12.1 Å². The Morgan fingerprint density at radius 3 is 3.00 bits per heavy atom. The Balaban J connectivity index is 1.94. The van der Waals surface area contributed by atoms with E-state index in [0.717, 1.165) is 24.2 Å². The molecule has 1 aliphatic heterocycles. The van der Waals surface area contributed by atoms with Gasteiger partial charge in [-0.2, -0.15) is 0 Å². The zero-order valence-corrected chi connectivity index (χ0v) is 12.7. The number of nitrogens with zero attached hydrogens (tertiary/aromatic N) is 1. The third-order valence-corrected chi connectivity index (χ3v) is 3.84. The highest BCUT2D eigenvalue weighted by molar-refractivity contribution is 5.75. The number of benzene rings is 1. The summed E-state index contributed by atoms with van der Waals surface area (Å²) in [6.07, 6.45) is 2.40. The summed E-state index contributed by atoms with van der Waals surface area (Å²) in [5, 5.41) is 11.4. The van der Waals surface area contributed by atoms with Gasteiger partial charge in [-0.15, -0.1) is 0 Å². The summed E-state index contributed by atoms with van der Waals surface area (Å²) < 4.78 is 5.24. The Morgan fingerprint density at radius 2 is 2.27 bits per heavy atom. The Hall–Kier alpha value is -2.24. The molecule has 1 atom stereocenters. The van der Waals surface area contributed by atoms with Crippen LogP contribution in [0.15, 0.2) is 24.3 Å². The molecule has 1 aromatic rings. The van der Waals surface area contributed by atoms with Crippen LogP contribution >= 0.6 is 0 Å². The fourth-order valence-electron chi connectivity index (χ4n) is 2.74. The zero-order valence-electron chi connectivity index (χ0n) is 12.7. The quantitative estimate of drug-likeness (QED) is 0.791. The molecule has 0 spiro atoms. The fourth-order valence-corrected chi connectivity index (χ4v) is 2.74. The number of aliphatic carboxylic acids is 1. The highest BCUT2D eigenvalue weighted by Gasteiger charge is 2.29. The SMILES string of the molecule is COc1cccc(C2CCCN2C(=O)NCCCC(=O)O)c1. The Morgan fingerprint density at radius 1 is 1.45 bits per heavy atom. The van der Waals surface area contributed by atoms with Gasteiger partial charge in [0.1, 0.15) is 5.75 Å². The molecule has 2 N–H and O–H groups in total. The highest BCUT2D eigenvalue weighted by atomic mass is 16.5. The molecule has 1 saturated heterocycles. The third kappa shape index (κ3) is 4.13. The molecule has 6 heteroatoms. The number of rotatable bonds is 6. The second kappa shape index (κ2) is 7.68. The van der Waals surface area contributed by atoms with Crippen molar-refractivity contribution in [1.29, 1.82) is 0 Å². The first-order valence-corrected chi connectivity index (χ1v) is 7.52. The van der Waals surface area contributed by atoms with E-state index >= 15 is 0 Å². The standard InChI is InChI=1S/C16H22N2O4/c1-22-13-6-2-5-12(11-13)14-7-4-10-18(14)16(21)17-9-3-8-15(19)20/h2,5-6,11,14H,3-4,7-10H2,1H3,(H,17,21)(H,19,20). The molecule has 2 amide bonds. The number of carbonyl (C=O) groups excluding carboxylic acids is 1. The minimum absolute atomic E-state index is 0.0505. The number of hydrogen-bond donors (Lipinski definition) is 2. The number of likely N-dealkylation sites (tertiary alicyclic amines) is 1. The largest absolute Gasteiger partial charge is 0.497 e. The number of nitrogens with one attached hydrogen (secondary N) is 1. The minimum Gasteiger partial charge on any atom is -0.497 e. The maximum absolute atomic E-state index is 12.3. The van der Waals surface area contributed by atoms with E-state index in [9.17, 15) is 9.59 Å². The van der Waals surface area contributed by atoms with Gasteiger partial charge in [-0.25, -0.2) is 4.79 Å². The molecule has 1 heterocycles. The molecule has 120 valence electrons. The average Bonchev–Trinajstić information content (AvgIpc) is 3.01. The van der Waals surface area contributed by atoms with Gasteiger partial charge in [-0.3, -0.25) is 4.79 Å². The number of amides is 2. The molecule has 0 radical (unpaired) electrons. The molecule has 1 aliphatic rings. The molecule has 22 heavy (non-hydrogen) atoms. The first-order valence-electron chi connectivity index (χ1n) is 7.52. The molecule has 0 aromatic heterocycles. The third-order valence-electron chi connectivity index (χ3n) is 3.84. The Bertz CT molecular complexity index is 533. The van der Waals surface area contributed by atoms with E-state index in [0.29, 0.717) is 19.5 Å². The van der Waals surface area contributed by atoms with Crippen molar-refractivity contribution in [2.75, 3.05) is 20.2 Å². The van der Waals surface area contributed by atoms with E-state index in [1.165, 1.54) is 0 Å². The van der Waals surface area contributed by atoms with Crippen molar-refractivity contribution in [1.82, 2.24) is 10.2 Å². The monoisotopic (exact) mass is 306 g/mol. The van der Waals surface area contributed by atoms with Crippen LogP contribution in [0.2, 0.25) is 0 Å². The molecule has 1 aromatic carbocycles. The lowest BCUT2D eigenvalue weighted by Gasteiger charge is -2.25. The average molecular weight is 306 g/mol. The van der Waals surface area contributed by atoms with Crippen molar-refractivity contribution >= 4 is 12.0 Å². The lowest BCUT2D eigenvalue weighted by atomic mass is 10.0. The van der Waals surface area contributed by atoms with E-state index < -0.39 is 5.97 Å². The van der Waals surface area contributed by atoms with E-state index in [4.69, 9.17) is 9.84 Å². The van der Waals surface area contributed by atoms with Crippen molar-refractivity contribution < 1.29 is 19.4 Å². The summed E-state index contributed by atoms with van der Waals surface area (Å²) in [5.74, 6) is -0.0594. The Kier molecular flexibility index (Phi) is 5.63. The predicted octanol–water partition coefficient (Wildman–Crippen LogP) is 2.41. The summed E-state index contributed by atoms with van der Waals surface area (Å²) in [5.41, 5.74) is 1.07. The summed E-state index contributed by atoms with van der Waals surface area (Å²) in [6, 6.07) is 7.69. The van der Waals surface area contributed by atoms with E-state index in [-0.39, 0.29) is 18.5 Å². The topological polar surface area (TPSA) is 78.9 Å². The number of methoxy groups -OCH3 is 1. The first kappa shape index (κ1) is 16.1. The van der Waals surface area contributed by atoms with Gasteiger partial charge in [0, 0.05) is 19.5 Å². The Labute approximate surface area is 130 Å². The van der Waals surface area contributed by atoms with Gasteiger partial charge in [-0.05, 0) is 37.0 Å². The molecule has 0 saturated carbocycles. The molecule has 1 fully saturated rings. The van der Waals surface area contributed by atoms with Crippen LogP contribution in [-0.4, -0.2) is 42.2 Å². The van der Waals surface area contributed by atoms with Crippen molar-refractivity contribution in [3.8, 4) is 5.75 Å². The van der Waals surface area contributed by atoms with Crippen LogP contribution in [0.1, 0.15) is 37.3 Å². The van der Waals surface area contributed by atoms with Crippen molar-refractivity contribution in [3.63, 3.8) is 0 Å². The summed E-state index contributed by atoms with van der Waals surface area (Å²) in [4.78, 5) is 24.5. The smallest absolute Gasteiger partial charge is 0.317 e. The van der Waals surface area contributed by atoms with Crippen molar-refractivity contribution in [2.24, 2.45) is 0 Å². The number of ether oxygens (including phenoxy) is 1. The lowest BCUT2D eigenvalue weighted by Crippen LogP contribution is -2.40. The fraction of sp³-hybridized carbons (Fsp3) is 0.500. The molecule has 0 aliphatic carbocycles. The minimum atomic E-state index is -0.843. The molecule has 0 bridgehead atoms. The molecular formula is C16H22N2O4. The number of carboxylic acid groups (broad SMARTS) is 1. The second-order valence-electron chi connectivity index (χ2n) is 5.36. The molecule has 2 rings (SSSR count). The number of hydrogen-bond acceptors (Lipinski definition) is 3. The summed E-state index contributed by atoms with van der Waals surface area (Å²) in [7, 11) is 1.63. The number of urea groups is 1. The van der Waals surface area contributed by atoms with Crippen LogP contribution in [0.3, 0.4) is 0 Å². The van der Waals surface area contributed by atoms with Crippen LogP contribution in [0, 0.1) is 0 Å². The van der Waals surface area contributed by atoms with Gasteiger partial charge in [0.05, 0.1) is 13.2 Å². The van der Waals surface area contributed by atoms with Gasteiger partial charge < -0.3 is 20.1 Å². The van der Waals surface area contributed by atoms with Gasteiger partial charge in [0.25, 0.3) is 0 Å². The summed E-state index contributed by atoms with van der Waals surface area (Å²) in [6.45, 7) is 1.10. The normalized spacial score (nSPS) is 17.3. The second-order valence-corrected chi connectivity index (χ2v) is 5.36. The van der Waals surface area contributed by atoms with E-state index in [2.05, 4.69) is 5.32 Å². The van der Waals surface area contributed by atoms with Crippen LogP contribution in [0.25, 0.3) is 0 Å². The van der Waals surface area contributed by atoms with Crippen LogP contribution < -0.4 is 10.1 Å². The number of carboxylic acids is 1. The van der Waals surface area contributed by atoms with Crippen molar-refractivity contribution in [2.45, 2.75) is 31.7 Å². The predicted molar refractivity (Wildman–Crippen MR) is 81.9 cm³/mol. The molecule has 6 nitrogen and oxygen atoms in total. The van der Waals surface area contributed by atoms with E-state index in [1.807, 2.05) is 29.2 Å². The maximum atomic E-state index is 12.3. The van der Waals surface area contributed by atoms with Crippen LogP contribution in [-0.2, 0) is 4.79 Å². The van der Waals surface area contributed by atoms with Gasteiger partial charge in [0.15, 0.2) is 0 Å². The molecule has 1 unspecified atom stereocenters. The van der Waals surface area contributed by atoms with Gasteiger partial charge >= 0.3 is 12.0 Å². The van der Waals surface area contributed by atoms with Gasteiger partial charge in [0.2, 0.25) is 0 Å². The first-order chi connectivity index (χ1) is 10.6. The van der Waals surface area contributed by atoms with E-state index in [1.54, 1.807) is 7.11 Å². The zero-order chi connectivity index (χ0) is 15.9. The van der Waals surface area contributed by atoms with Crippen LogP contribution in [0.4, 0.5) is 4.79 Å². The van der Waals surface area contributed by atoms with Crippen molar-refractivity contribution in [3.05, 3.63) is 29.8 Å². The highest BCUT2D eigenvalue weighted by Crippen LogP contribution is 2.33. The number of carbonyl (C=O) groups is 2. The lowest BCUT2D eigenvalue weighted by molar-refractivity contribution is -0.137. The molecular weight excluding hydrogens is 284 g/mol. The van der Waals surface area contributed by atoms with Crippen LogP contribution in [0.5, 0.6) is 5.75 Å².